The fourth-order valence-corrected chi connectivity index (χ4v) is 4.72. The van der Waals surface area contributed by atoms with Crippen molar-refractivity contribution in [2.75, 3.05) is 4.72 Å². The van der Waals surface area contributed by atoms with Gasteiger partial charge in [-0.2, -0.15) is 10.2 Å². The normalized spacial score (nSPS) is 11.6. The second-order valence-corrected chi connectivity index (χ2v) is 9.99. The van der Waals surface area contributed by atoms with Crippen LogP contribution in [-0.2, 0) is 10.0 Å². The molecule has 0 atom stereocenters. The molecule has 0 saturated carbocycles. The van der Waals surface area contributed by atoms with Crippen LogP contribution in [0.3, 0.4) is 0 Å². The van der Waals surface area contributed by atoms with Crippen LogP contribution in [0, 0.1) is 12.7 Å². The molecule has 0 bridgehead atoms. The number of benzene rings is 3. The van der Waals surface area contributed by atoms with Crippen molar-refractivity contribution >= 4 is 51.0 Å². The zero-order valence-corrected chi connectivity index (χ0v) is 20.9. The number of aromatic nitrogens is 2. The van der Waals surface area contributed by atoms with Gasteiger partial charge in [0.15, 0.2) is 0 Å². The maximum absolute atomic E-state index is 13.2. The zero-order valence-electron chi connectivity index (χ0n) is 18.6. The number of hydrogen-bond donors (Lipinski definition) is 2. The van der Waals surface area contributed by atoms with Gasteiger partial charge in [0.2, 0.25) is 0 Å². The molecule has 4 aromatic rings. The Hall–Kier alpha value is -3.73. The van der Waals surface area contributed by atoms with Crippen molar-refractivity contribution in [3.05, 3.63) is 106 Å². The second kappa shape index (κ2) is 10.5. The highest BCUT2D eigenvalue weighted by Crippen LogP contribution is 2.22. The fourth-order valence-electron chi connectivity index (χ4n) is 3.17. The largest absolute Gasteiger partial charge is 0.280 e. The number of anilines is 1. The Balaban J connectivity index is 1.48. The predicted molar refractivity (Wildman–Crippen MR) is 137 cm³/mol. The third kappa shape index (κ3) is 5.73. The summed E-state index contributed by atoms with van der Waals surface area (Å²) in [6.45, 7) is 1.71. The molecule has 2 N–H and O–H groups in total. The van der Waals surface area contributed by atoms with Crippen molar-refractivity contribution < 1.29 is 17.6 Å². The molecule has 1 aromatic heterocycles. The van der Waals surface area contributed by atoms with Gasteiger partial charge in [-0.25, -0.2) is 22.9 Å². The number of nitrogens with zero attached hydrogens (tertiary/aromatic N) is 3. The van der Waals surface area contributed by atoms with Crippen molar-refractivity contribution in [1.29, 1.82) is 0 Å². The minimum Gasteiger partial charge on any atom is -0.280 e. The summed E-state index contributed by atoms with van der Waals surface area (Å²) < 4.78 is 42.5. The molecule has 3 aromatic carbocycles. The first-order chi connectivity index (χ1) is 17.1. The lowest BCUT2D eigenvalue weighted by Gasteiger charge is -2.09. The summed E-state index contributed by atoms with van der Waals surface area (Å²) in [6.07, 6.45) is 1.32. The molecule has 0 unspecified atom stereocenters. The number of hydrogen-bond acceptors (Lipinski definition) is 5. The van der Waals surface area contributed by atoms with Crippen molar-refractivity contribution in [2.45, 2.75) is 11.8 Å². The van der Waals surface area contributed by atoms with Crippen LogP contribution in [0.1, 0.15) is 21.6 Å². The van der Waals surface area contributed by atoms with Crippen molar-refractivity contribution in [3.63, 3.8) is 0 Å². The Kier molecular flexibility index (Phi) is 7.39. The average molecular weight is 546 g/mol. The van der Waals surface area contributed by atoms with Gasteiger partial charge in [-0.15, -0.1) is 0 Å². The summed E-state index contributed by atoms with van der Waals surface area (Å²) in [6, 6.07) is 17.3. The molecule has 0 aliphatic carbocycles. The number of aryl methyl sites for hydroxylation is 1. The number of amides is 1. The van der Waals surface area contributed by atoms with Crippen molar-refractivity contribution in [1.82, 2.24) is 15.2 Å². The molecule has 0 aliphatic rings. The van der Waals surface area contributed by atoms with E-state index in [4.69, 9.17) is 23.2 Å². The van der Waals surface area contributed by atoms with E-state index in [1.807, 2.05) is 0 Å². The maximum atomic E-state index is 13.2. The lowest BCUT2D eigenvalue weighted by molar-refractivity contribution is 0.0955. The SMILES string of the molecule is Cc1nn(-c2ccc(F)cc2)c(Cl)c1C=NNC(=O)c1cccc(S(=O)(=O)Nc2ccc(Cl)cc2)c1. The van der Waals surface area contributed by atoms with Gasteiger partial charge in [0.1, 0.15) is 11.0 Å². The van der Waals surface area contributed by atoms with E-state index < -0.39 is 15.9 Å². The minimum absolute atomic E-state index is 0.0796. The third-order valence-electron chi connectivity index (χ3n) is 4.98. The van der Waals surface area contributed by atoms with E-state index in [1.54, 1.807) is 19.1 Å². The topological polar surface area (TPSA) is 105 Å². The fraction of sp³-hybridized carbons (Fsp3) is 0.0417. The highest BCUT2D eigenvalue weighted by Gasteiger charge is 2.17. The van der Waals surface area contributed by atoms with E-state index >= 15 is 0 Å². The van der Waals surface area contributed by atoms with E-state index in [1.165, 1.54) is 71.6 Å². The van der Waals surface area contributed by atoms with Crippen LogP contribution in [0.2, 0.25) is 10.2 Å². The average Bonchev–Trinajstić information content (AvgIpc) is 3.14. The predicted octanol–water partition coefficient (Wildman–Crippen LogP) is 5.19. The van der Waals surface area contributed by atoms with Gasteiger partial charge in [-0.05, 0) is 73.7 Å². The summed E-state index contributed by atoms with van der Waals surface area (Å²) in [7, 11) is -3.95. The van der Waals surface area contributed by atoms with Gasteiger partial charge in [0, 0.05) is 16.3 Å². The summed E-state index contributed by atoms with van der Waals surface area (Å²) in [5.74, 6) is -1.02. The van der Waals surface area contributed by atoms with Gasteiger partial charge >= 0.3 is 0 Å². The monoisotopic (exact) mass is 545 g/mol. The van der Waals surface area contributed by atoms with Gasteiger partial charge in [0.05, 0.1) is 28.1 Å². The van der Waals surface area contributed by atoms with Crippen LogP contribution in [0.5, 0.6) is 0 Å². The van der Waals surface area contributed by atoms with E-state index in [-0.39, 0.29) is 21.4 Å². The molecule has 0 fully saturated rings. The standard InChI is InChI=1S/C24H18Cl2FN5O3S/c1-15-22(23(26)32(30-15)20-11-7-18(27)8-12-20)14-28-29-24(33)16-3-2-4-21(13-16)36(34,35)31-19-9-5-17(25)6-10-19/h2-14,31H,1H3,(H,29,33). The number of halogens is 3. The van der Waals surface area contributed by atoms with E-state index in [2.05, 4.69) is 20.3 Å². The highest BCUT2D eigenvalue weighted by atomic mass is 35.5. The lowest BCUT2D eigenvalue weighted by Crippen LogP contribution is -2.19. The molecule has 0 saturated heterocycles. The van der Waals surface area contributed by atoms with E-state index in [9.17, 15) is 17.6 Å². The van der Waals surface area contributed by atoms with Gasteiger partial charge in [-0.1, -0.05) is 29.3 Å². The highest BCUT2D eigenvalue weighted by molar-refractivity contribution is 7.92. The van der Waals surface area contributed by atoms with Gasteiger partial charge in [0.25, 0.3) is 15.9 Å². The quantitative estimate of drug-likeness (QED) is 0.246. The second-order valence-electron chi connectivity index (χ2n) is 7.52. The molecule has 1 heterocycles. The molecule has 0 aliphatic heterocycles. The van der Waals surface area contributed by atoms with Gasteiger partial charge in [-0.3, -0.25) is 9.52 Å². The number of rotatable bonds is 7. The van der Waals surface area contributed by atoms with Crippen LogP contribution < -0.4 is 10.1 Å². The van der Waals surface area contributed by atoms with Crippen LogP contribution in [0.15, 0.2) is 82.8 Å². The molecule has 4 rings (SSSR count). The molecular weight excluding hydrogens is 528 g/mol. The first-order valence-electron chi connectivity index (χ1n) is 10.4. The number of carbonyl (C=O) groups excluding carboxylic acids is 1. The summed E-state index contributed by atoms with van der Waals surface area (Å²) >= 11 is 12.2. The number of sulfonamides is 1. The lowest BCUT2D eigenvalue weighted by atomic mass is 10.2. The first-order valence-corrected chi connectivity index (χ1v) is 12.6. The Bertz CT molecular complexity index is 1550. The van der Waals surface area contributed by atoms with Crippen molar-refractivity contribution in [2.24, 2.45) is 5.10 Å². The van der Waals surface area contributed by atoms with Crippen LogP contribution >= 0.6 is 23.2 Å². The zero-order chi connectivity index (χ0) is 25.9. The molecule has 0 spiro atoms. The molecule has 12 heteroatoms. The van der Waals surface area contributed by atoms with E-state index in [0.29, 0.717) is 27.7 Å². The third-order valence-corrected chi connectivity index (χ3v) is 6.98. The summed E-state index contributed by atoms with van der Waals surface area (Å²) in [5.41, 5.74) is 4.29. The maximum Gasteiger partial charge on any atom is 0.271 e. The van der Waals surface area contributed by atoms with Crippen LogP contribution in [-0.4, -0.2) is 30.3 Å². The Labute approximate surface area is 216 Å². The molecular formula is C24H18Cl2FN5O3S. The van der Waals surface area contributed by atoms with Gasteiger partial charge < -0.3 is 0 Å². The number of nitrogens with one attached hydrogen (secondary N) is 2. The van der Waals surface area contributed by atoms with Crippen LogP contribution in [0.4, 0.5) is 10.1 Å². The Morgan fingerprint density at radius 2 is 1.75 bits per heavy atom. The molecule has 184 valence electrons. The van der Waals surface area contributed by atoms with Crippen molar-refractivity contribution in [3.8, 4) is 5.69 Å². The van der Waals surface area contributed by atoms with E-state index in [0.717, 1.165) is 0 Å². The number of carbonyl (C=O) groups is 1. The molecule has 0 radical (unpaired) electrons. The smallest absolute Gasteiger partial charge is 0.271 e. The first kappa shape index (κ1) is 25.4. The summed E-state index contributed by atoms with van der Waals surface area (Å²) in [4.78, 5) is 12.5. The Morgan fingerprint density at radius 1 is 1.06 bits per heavy atom. The number of hydrazone groups is 1. The molecule has 8 nitrogen and oxygen atoms in total. The van der Waals surface area contributed by atoms with Crippen LogP contribution in [0.25, 0.3) is 5.69 Å². The molecule has 1 amide bonds. The minimum atomic E-state index is -3.95. The molecule has 36 heavy (non-hydrogen) atoms. The Morgan fingerprint density at radius 3 is 2.44 bits per heavy atom. The summed E-state index contributed by atoms with van der Waals surface area (Å²) in [5, 5.41) is 8.94.